The maximum Gasteiger partial charge on any atom is 0.0596 e. The van der Waals surface area contributed by atoms with Gasteiger partial charge in [-0.2, -0.15) is 0 Å². The van der Waals surface area contributed by atoms with Crippen molar-refractivity contribution >= 4 is 0 Å². The van der Waals surface area contributed by atoms with E-state index in [-0.39, 0.29) is 0 Å². The molecule has 1 aliphatic rings. The number of hydrogen-bond donors (Lipinski definition) is 1. The lowest BCUT2D eigenvalue weighted by molar-refractivity contribution is 0.0606. The van der Waals surface area contributed by atoms with Crippen LogP contribution in [0.25, 0.3) is 0 Å². The summed E-state index contributed by atoms with van der Waals surface area (Å²) in [7, 11) is 2.21. The van der Waals surface area contributed by atoms with Crippen molar-refractivity contribution in [3.63, 3.8) is 0 Å². The lowest BCUT2D eigenvalue weighted by atomic mass is 10.0. The monoisotopic (exact) mass is 242 g/mol. The number of likely N-dealkylation sites (N-methyl/N-ethyl adjacent to an activating group) is 1. The summed E-state index contributed by atoms with van der Waals surface area (Å²) in [5, 5.41) is 3.62. The second-order valence-electron chi connectivity index (χ2n) is 5.54. The SMILES string of the molecule is CCNC1CCCC1CN(C)CCOC(C)C. The highest BCUT2D eigenvalue weighted by molar-refractivity contribution is 4.84. The van der Waals surface area contributed by atoms with Gasteiger partial charge >= 0.3 is 0 Å². The summed E-state index contributed by atoms with van der Waals surface area (Å²) in [6.07, 6.45) is 4.48. The van der Waals surface area contributed by atoms with Crippen molar-refractivity contribution in [2.45, 2.75) is 52.2 Å². The van der Waals surface area contributed by atoms with Crippen LogP contribution in [0.1, 0.15) is 40.0 Å². The Morgan fingerprint density at radius 3 is 2.76 bits per heavy atom. The molecule has 0 aromatic carbocycles. The Kier molecular flexibility index (Phi) is 7.09. The molecular weight excluding hydrogens is 212 g/mol. The van der Waals surface area contributed by atoms with Crippen molar-refractivity contribution in [2.75, 3.05) is 33.3 Å². The molecule has 2 atom stereocenters. The van der Waals surface area contributed by atoms with Gasteiger partial charge in [0.25, 0.3) is 0 Å². The van der Waals surface area contributed by atoms with E-state index in [0.717, 1.165) is 31.7 Å². The molecule has 0 bridgehead atoms. The van der Waals surface area contributed by atoms with Gasteiger partial charge in [0, 0.05) is 19.1 Å². The molecule has 1 N–H and O–H groups in total. The molecule has 0 aromatic heterocycles. The van der Waals surface area contributed by atoms with Crippen LogP contribution in [0.2, 0.25) is 0 Å². The van der Waals surface area contributed by atoms with E-state index in [1.807, 2.05) is 0 Å². The third-order valence-corrected chi connectivity index (χ3v) is 3.60. The second kappa shape index (κ2) is 8.06. The molecule has 17 heavy (non-hydrogen) atoms. The number of nitrogens with zero attached hydrogens (tertiary/aromatic N) is 1. The Hall–Kier alpha value is -0.120. The normalized spacial score (nSPS) is 25.1. The van der Waals surface area contributed by atoms with Crippen LogP contribution in [0.3, 0.4) is 0 Å². The van der Waals surface area contributed by atoms with Gasteiger partial charge in [-0.1, -0.05) is 13.3 Å². The lowest BCUT2D eigenvalue weighted by Gasteiger charge is -2.26. The lowest BCUT2D eigenvalue weighted by Crippen LogP contribution is -2.39. The van der Waals surface area contributed by atoms with Gasteiger partial charge in [0.1, 0.15) is 0 Å². The fourth-order valence-corrected chi connectivity index (χ4v) is 2.72. The van der Waals surface area contributed by atoms with E-state index in [4.69, 9.17) is 4.74 Å². The molecule has 0 saturated heterocycles. The third-order valence-electron chi connectivity index (χ3n) is 3.60. The smallest absolute Gasteiger partial charge is 0.0596 e. The third kappa shape index (κ3) is 5.84. The molecule has 0 amide bonds. The van der Waals surface area contributed by atoms with E-state index in [1.54, 1.807) is 0 Å². The molecule has 1 saturated carbocycles. The Balaban J connectivity index is 2.18. The maximum atomic E-state index is 5.59. The molecule has 3 nitrogen and oxygen atoms in total. The molecule has 0 heterocycles. The minimum absolute atomic E-state index is 0.351. The molecule has 0 spiro atoms. The van der Waals surface area contributed by atoms with E-state index in [1.165, 1.54) is 25.8 Å². The summed E-state index contributed by atoms with van der Waals surface area (Å²) in [4.78, 5) is 2.42. The van der Waals surface area contributed by atoms with Crippen LogP contribution in [0.5, 0.6) is 0 Å². The van der Waals surface area contributed by atoms with Crippen LogP contribution >= 0.6 is 0 Å². The summed E-state index contributed by atoms with van der Waals surface area (Å²) in [5.74, 6) is 0.832. The quantitative estimate of drug-likeness (QED) is 0.705. The van der Waals surface area contributed by atoms with Crippen LogP contribution in [-0.4, -0.2) is 50.3 Å². The molecule has 0 aromatic rings. The van der Waals surface area contributed by atoms with Crippen LogP contribution in [0, 0.1) is 5.92 Å². The topological polar surface area (TPSA) is 24.5 Å². The zero-order valence-electron chi connectivity index (χ0n) is 12.0. The fourth-order valence-electron chi connectivity index (χ4n) is 2.72. The van der Waals surface area contributed by atoms with Crippen LogP contribution in [-0.2, 0) is 4.74 Å². The van der Waals surface area contributed by atoms with Crippen LogP contribution < -0.4 is 5.32 Å². The van der Waals surface area contributed by atoms with Gasteiger partial charge in [-0.25, -0.2) is 0 Å². The molecule has 3 heteroatoms. The van der Waals surface area contributed by atoms with Gasteiger partial charge in [0.15, 0.2) is 0 Å². The molecule has 1 aliphatic carbocycles. The molecule has 2 unspecified atom stereocenters. The van der Waals surface area contributed by atoms with E-state index in [2.05, 4.69) is 38.0 Å². The summed E-state index contributed by atoms with van der Waals surface area (Å²) in [6, 6.07) is 0.744. The average molecular weight is 242 g/mol. The van der Waals surface area contributed by atoms with E-state index < -0.39 is 0 Å². The zero-order valence-corrected chi connectivity index (χ0v) is 12.0. The minimum atomic E-state index is 0.351. The first kappa shape index (κ1) is 14.9. The predicted molar refractivity (Wildman–Crippen MR) is 73.4 cm³/mol. The maximum absolute atomic E-state index is 5.59. The molecule has 1 rings (SSSR count). The molecule has 0 aliphatic heterocycles. The van der Waals surface area contributed by atoms with Crippen molar-refractivity contribution < 1.29 is 4.74 Å². The molecule has 0 radical (unpaired) electrons. The number of rotatable bonds is 8. The first-order chi connectivity index (χ1) is 8.13. The Morgan fingerprint density at radius 1 is 1.35 bits per heavy atom. The number of ether oxygens (including phenoxy) is 1. The summed E-state index contributed by atoms with van der Waals surface area (Å²) >= 11 is 0. The first-order valence-corrected chi connectivity index (χ1v) is 7.17. The van der Waals surface area contributed by atoms with Crippen molar-refractivity contribution in [1.82, 2.24) is 10.2 Å². The summed E-state index contributed by atoms with van der Waals surface area (Å²) < 4.78 is 5.59. The van der Waals surface area contributed by atoms with Gasteiger partial charge < -0.3 is 15.0 Å². The minimum Gasteiger partial charge on any atom is -0.377 e. The van der Waals surface area contributed by atoms with Crippen LogP contribution in [0.4, 0.5) is 0 Å². The summed E-state index contributed by atoms with van der Waals surface area (Å²) in [5.41, 5.74) is 0. The molecule has 1 fully saturated rings. The van der Waals surface area contributed by atoms with Crippen molar-refractivity contribution in [3.05, 3.63) is 0 Å². The molecule has 102 valence electrons. The Labute approximate surface area is 107 Å². The van der Waals surface area contributed by atoms with Gasteiger partial charge in [-0.05, 0) is 46.2 Å². The average Bonchev–Trinajstić information content (AvgIpc) is 2.66. The Morgan fingerprint density at radius 2 is 2.12 bits per heavy atom. The van der Waals surface area contributed by atoms with Gasteiger partial charge in [-0.15, -0.1) is 0 Å². The first-order valence-electron chi connectivity index (χ1n) is 7.17. The van der Waals surface area contributed by atoms with Crippen molar-refractivity contribution in [2.24, 2.45) is 5.92 Å². The largest absolute Gasteiger partial charge is 0.377 e. The number of hydrogen-bond acceptors (Lipinski definition) is 3. The summed E-state index contributed by atoms with van der Waals surface area (Å²) in [6.45, 7) is 10.6. The van der Waals surface area contributed by atoms with E-state index in [9.17, 15) is 0 Å². The predicted octanol–water partition coefficient (Wildman–Crippen LogP) is 2.12. The highest BCUT2D eigenvalue weighted by atomic mass is 16.5. The van der Waals surface area contributed by atoms with E-state index in [0.29, 0.717) is 6.10 Å². The number of nitrogens with one attached hydrogen (secondary N) is 1. The van der Waals surface area contributed by atoms with Crippen molar-refractivity contribution in [3.8, 4) is 0 Å². The van der Waals surface area contributed by atoms with Crippen molar-refractivity contribution in [1.29, 1.82) is 0 Å². The van der Waals surface area contributed by atoms with Gasteiger partial charge in [0.05, 0.1) is 12.7 Å². The fraction of sp³-hybridized carbons (Fsp3) is 1.00. The highest BCUT2D eigenvalue weighted by Crippen LogP contribution is 2.26. The van der Waals surface area contributed by atoms with Gasteiger partial charge in [-0.3, -0.25) is 0 Å². The standard InChI is InChI=1S/C14H30N2O/c1-5-15-14-8-6-7-13(14)11-16(4)9-10-17-12(2)3/h12-15H,5-11H2,1-4H3. The van der Waals surface area contributed by atoms with Crippen LogP contribution in [0.15, 0.2) is 0 Å². The Bertz CT molecular complexity index is 197. The second-order valence-corrected chi connectivity index (χ2v) is 5.54. The van der Waals surface area contributed by atoms with Gasteiger partial charge in [0.2, 0.25) is 0 Å². The highest BCUT2D eigenvalue weighted by Gasteiger charge is 2.26. The zero-order chi connectivity index (χ0) is 12.7. The van der Waals surface area contributed by atoms with E-state index >= 15 is 0 Å². The molecular formula is C14H30N2O.